The molecule has 1 atom stereocenters. The molecule has 1 aromatic carbocycles. The van der Waals surface area contributed by atoms with E-state index in [4.69, 9.17) is 4.74 Å². The van der Waals surface area contributed by atoms with Gasteiger partial charge in [-0.25, -0.2) is 0 Å². The van der Waals surface area contributed by atoms with Gasteiger partial charge in [-0.1, -0.05) is 6.07 Å². The minimum Gasteiger partial charge on any atom is -0.389 e. The zero-order valence-corrected chi connectivity index (χ0v) is 12.0. The molecule has 0 spiro atoms. The molecule has 4 heteroatoms. The predicted octanol–water partition coefficient (Wildman–Crippen LogP) is 3.63. The van der Waals surface area contributed by atoms with Gasteiger partial charge in [-0.15, -0.1) is 11.8 Å². The first kappa shape index (κ1) is 14.0. The summed E-state index contributed by atoms with van der Waals surface area (Å²) in [5, 5.41) is 9.44. The SMILES string of the molecule is COCCCSc1ccc([C@@H](C)O)cc1Br. The second-order valence-electron chi connectivity index (χ2n) is 3.56. The Morgan fingerprint density at radius 2 is 2.25 bits per heavy atom. The molecular formula is C12H17BrO2S. The van der Waals surface area contributed by atoms with E-state index in [-0.39, 0.29) is 0 Å². The van der Waals surface area contributed by atoms with E-state index in [0.717, 1.165) is 28.8 Å². The fourth-order valence-corrected chi connectivity index (χ4v) is 2.86. The Morgan fingerprint density at radius 3 is 2.81 bits per heavy atom. The Bertz CT molecular complexity index is 329. The number of benzene rings is 1. The normalized spacial score (nSPS) is 12.8. The van der Waals surface area contributed by atoms with Crippen molar-refractivity contribution in [1.82, 2.24) is 0 Å². The Balaban J connectivity index is 2.54. The van der Waals surface area contributed by atoms with Crippen molar-refractivity contribution in [3.63, 3.8) is 0 Å². The van der Waals surface area contributed by atoms with Crippen LogP contribution in [0.4, 0.5) is 0 Å². The maximum atomic E-state index is 9.44. The van der Waals surface area contributed by atoms with E-state index in [1.165, 1.54) is 4.90 Å². The van der Waals surface area contributed by atoms with Crippen LogP contribution in [0.1, 0.15) is 25.0 Å². The first-order valence-electron chi connectivity index (χ1n) is 5.24. The molecule has 0 aliphatic heterocycles. The van der Waals surface area contributed by atoms with Crippen molar-refractivity contribution in [2.45, 2.75) is 24.3 Å². The third-order valence-corrected chi connectivity index (χ3v) is 4.27. The van der Waals surface area contributed by atoms with Gasteiger partial charge in [0.15, 0.2) is 0 Å². The van der Waals surface area contributed by atoms with Crippen molar-refractivity contribution in [2.24, 2.45) is 0 Å². The highest BCUT2D eigenvalue weighted by molar-refractivity contribution is 9.10. The number of methoxy groups -OCH3 is 1. The average Bonchev–Trinajstić information content (AvgIpc) is 2.26. The second-order valence-corrected chi connectivity index (χ2v) is 5.55. The minimum absolute atomic E-state index is 0.413. The van der Waals surface area contributed by atoms with Gasteiger partial charge in [-0.3, -0.25) is 0 Å². The quantitative estimate of drug-likeness (QED) is 0.643. The summed E-state index contributed by atoms with van der Waals surface area (Å²) >= 11 is 5.32. The molecule has 0 unspecified atom stereocenters. The summed E-state index contributed by atoms with van der Waals surface area (Å²) in [7, 11) is 1.72. The van der Waals surface area contributed by atoms with E-state index >= 15 is 0 Å². The van der Waals surface area contributed by atoms with E-state index in [9.17, 15) is 5.11 Å². The standard InChI is InChI=1S/C12H17BrO2S/c1-9(14)10-4-5-12(11(13)8-10)16-7-3-6-15-2/h4-5,8-9,14H,3,6-7H2,1-2H3/t9-/m1/s1. The second kappa shape index (κ2) is 7.33. The number of halogens is 1. The monoisotopic (exact) mass is 304 g/mol. The summed E-state index contributed by atoms with van der Waals surface area (Å²) in [6, 6.07) is 5.99. The summed E-state index contributed by atoms with van der Waals surface area (Å²) in [5.41, 5.74) is 0.938. The van der Waals surface area contributed by atoms with E-state index in [1.807, 2.05) is 18.2 Å². The highest BCUT2D eigenvalue weighted by Gasteiger charge is 2.05. The summed E-state index contributed by atoms with van der Waals surface area (Å²) in [5.74, 6) is 1.04. The third kappa shape index (κ3) is 4.45. The lowest BCUT2D eigenvalue weighted by Crippen LogP contribution is -1.93. The zero-order chi connectivity index (χ0) is 12.0. The Labute approximate surface area is 110 Å². The molecule has 1 N–H and O–H groups in total. The van der Waals surface area contributed by atoms with Crippen LogP contribution in [0.3, 0.4) is 0 Å². The molecular weight excluding hydrogens is 288 g/mol. The number of ether oxygens (including phenoxy) is 1. The van der Waals surface area contributed by atoms with E-state index in [0.29, 0.717) is 0 Å². The van der Waals surface area contributed by atoms with E-state index in [2.05, 4.69) is 15.9 Å². The molecule has 1 aromatic rings. The van der Waals surface area contributed by atoms with Crippen LogP contribution in [0.15, 0.2) is 27.6 Å². The van der Waals surface area contributed by atoms with Gasteiger partial charge in [-0.05, 0) is 47.0 Å². The number of thioether (sulfide) groups is 1. The fourth-order valence-electron chi connectivity index (χ4n) is 1.28. The molecule has 2 nitrogen and oxygen atoms in total. The summed E-state index contributed by atoms with van der Waals surface area (Å²) in [6.45, 7) is 2.57. The first-order chi connectivity index (χ1) is 7.65. The van der Waals surface area contributed by atoms with Gasteiger partial charge >= 0.3 is 0 Å². The highest BCUT2D eigenvalue weighted by atomic mass is 79.9. The molecule has 0 saturated heterocycles. The van der Waals surface area contributed by atoms with Gasteiger partial charge in [0, 0.05) is 28.8 Å². The third-order valence-electron chi connectivity index (χ3n) is 2.19. The smallest absolute Gasteiger partial charge is 0.0762 e. The number of hydrogen-bond acceptors (Lipinski definition) is 3. The molecule has 0 amide bonds. The lowest BCUT2D eigenvalue weighted by molar-refractivity contribution is 0.199. The molecule has 0 heterocycles. The summed E-state index contributed by atoms with van der Waals surface area (Å²) in [6.07, 6.45) is 0.634. The molecule has 0 aromatic heterocycles. The van der Waals surface area contributed by atoms with Crippen molar-refractivity contribution >= 4 is 27.7 Å². The van der Waals surface area contributed by atoms with Crippen molar-refractivity contribution in [3.8, 4) is 0 Å². The number of aliphatic hydroxyl groups is 1. The van der Waals surface area contributed by atoms with Crippen LogP contribution in [0.25, 0.3) is 0 Å². The van der Waals surface area contributed by atoms with Crippen LogP contribution < -0.4 is 0 Å². The average molecular weight is 305 g/mol. The van der Waals surface area contributed by atoms with E-state index < -0.39 is 6.10 Å². The molecule has 0 aliphatic rings. The topological polar surface area (TPSA) is 29.5 Å². The molecule has 16 heavy (non-hydrogen) atoms. The fraction of sp³-hybridized carbons (Fsp3) is 0.500. The number of aliphatic hydroxyl groups excluding tert-OH is 1. The van der Waals surface area contributed by atoms with E-state index in [1.54, 1.807) is 25.8 Å². The van der Waals surface area contributed by atoms with Crippen molar-refractivity contribution in [3.05, 3.63) is 28.2 Å². The van der Waals surface area contributed by atoms with Gasteiger partial charge in [0.2, 0.25) is 0 Å². The lowest BCUT2D eigenvalue weighted by atomic mass is 10.1. The predicted molar refractivity (Wildman–Crippen MR) is 72.0 cm³/mol. The number of rotatable bonds is 6. The van der Waals surface area contributed by atoms with Gasteiger partial charge in [0.25, 0.3) is 0 Å². The Hall–Kier alpha value is -0.0300. The molecule has 90 valence electrons. The van der Waals surface area contributed by atoms with Crippen LogP contribution >= 0.6 is 27.7 Å². The van der Waals surface area contributed by atoms with Crippen molar-refractivity contribution in [1.29, 1.82) is 0 Å². The van der Waals surface area contributed by atoms with Crippen LogP contribution in [-0.4, -0.2) is 24.6 Å². The molecule has 0 aliphatic carbocycles. The van der Waals surface area contributed by atoms with Crippen LogP contribution in [-0.2, 0) is 4.74 Å². The molecule has 0 fully saturated rings. The van der Waals surface area contributed by atoms with Crippen molar-refractivity contribution < 1.29 is 9.84 Å². The van der Waals surface area contributed by atoms with Gasteiger partial charge in [0.05, 0.1) is 6.10 Å². The lowest BCUT2D eigenvalue weighted by Gasteiger charge is -2.08. The van der Waals surface area contributed by atoms with Crippen LogP contribution in [0.2, 0.25) is 0 Å². The van der Waals surface area contributed by atoms with Crippen molar-refractivity contribution in [2.75, 3.05) is 19.5 Å². The maximum absolute atomic E-state index is 9.44. The van der Waals surface area contributed by atoms with Crippen LogP contribution in [0, 0.1) is 0 Å². The first-order valence-corrected chi connectivity index (χ1v) is 7.02. The largest absolute Gasteiger partial charge is 0.389 e. The number of hydrogen-bond donors (Lipinski definition) is 1. The van der Waals surface area contributed by atoms with Gasteiger partial charge < -0.3 is 9.84 Å². The zero-order valence-electron chi connectivity index (χ0n) is 9.57. The van der Waals surface area contributed by atoms with Gasteiger partial charge in [0.1, 0.15) is 0 Å². The van der Waals surface area contributed by atoms with Crippen LogP contribution in [0.5, 0.6) is 0 Å². The molecule has 0 radical (unpaired) electrons. The molecule has 0 saturated carbocycles. The molecule has 0 bridgehead atoms. The molecule has 1 rings (SSSR count). The maximum Gasteiger partial charge on any atom is 0.0762 e. The Morgan fingerprint density at radius 1 is 1.50 bits per heavy atom. The minimum atomic E-state index is -0.413. The highest BCUT2D eigenvalue weighted by Crippen LogP contribution is 2.30. The Kier molecular flexibility index (Phi) is 6.43. The van der Waals surface area contributed by atoms with Gasteiger partial charge in [-0.2, -0.15) is 0 Å². The summed E-state index contributed by atoms with van der Waals surface area (Å²) < 4.78 is 6.05. The summed E-state index contributed by atoms with van der Waals surface area (Å²) in [4.78, 5) is 1.21.